The molecule has 1 fully saturated rings. The maximum absolute atomic E-state index is 12.1. The van der Waals surface area contributed by atoms with Crippen molar-refractivity contribution < 1.29 is 4.79 Å². The molecule has 0 N–H and O–H groups in total. The smallest absolute Gasteiger partial charge is 0.182 e. The minimum absolute atomic E-state index is 0.0329. The molecule has 1 aromatic heterocycles. The first-order chi connectivity index (χ1) is 9.50. The molecule has 1 saturated heterocycles. The fourth-order valence-corrected chi connectivity index (χ4v) is 3.19. The number of alkyl halides is 1. The Labute approximate surface area is 126 Å². The van der Waals surface area contributed by atoms with Crippen molar-refractivity contribution in [3.63, 3.8) is 0 Å². The number of nitrogens with zero attached hydrogens (tertiary/aromatic N) is 2. The Hall–Kier alpha value is -0.800. The van der Waals surface area contributed by atoms with Gasteiger partial charge in [-0.3, -0.25) is 4.79 Å². The zero-order valence-corrected chi connectivity index (χ0v) is 13.5. The molecule has 1 aromatic rings. The summed E-state index contributed by atoms with van der Waals surface area (Å²) < 4.78 is 2.25. The van der Waals surface area contributed by atoms with E-state index < -0.39 is 5.38 Å². The van der Waals surface area contributed by atoms with Crippen molar-refractivity contribution in [1.82, 2.24) is 9.47 Å². The van der Waals surface area contributed by atoms with E-state index >= 15 is 0 Å². The summed E-state index contributed by atoms with van der Waals surface area (Å²) in [6.07, 6.45) is 3.82. The van der Waals surface area contributed by atoms with Gasteiger partial charge in [0.2, 0.25) is 0 Å². The van der Waals surface area contributed by atoms with E-state index in [1.54, 1.807) is 6.92 Å². The summed E-state index contributed by atoms with van der Waals surface area (Å²) in [4.78, 5) is 14.6. The van der Waals surface area contributed by atoms with Crippen LogP contribution < -0.4 is 0 Å². The standard InChI is InChI=1S/C16H25ClN2O/c1-12-11-15(16(20)13(2)17)14(3)19(12)10-6-9-18-7-4-5-8-18/h11,13H,4-10H2,1-3H3. The number of aryl methyl sites for hydroxylation is 1. The molecule has 0 saturated carbocycles. The fraction of sp³-hybridized carbons (Fsp3) is 0.688. The number of aromatic nitrogens is 1. The summed E-state index contributed by atoms with van der Waals surface area (Å²) in [6, 6.07) is 1.98. The van der Waals surface area contributed by atoms with Gasteiger partial charge in [0, 0.05) is 23.5 Å². The molecule has 20 heavy (non-hydrogen) atoms. The van der Waals surface area contributed by atoms with Gasteiger partial charge in [-0.15, -0.1) is 11.6 Å². The summed E-state index contributed by atoms with van der Waals surface area (Å²) in [5, 5.41) is -0.450. The second-order valence-corrected chi connectivity index (χ2v) is 6.47. The van der Waals surface area contributed by atoms with Gasteiger partial charge >= 0.3 is 0 Å². The van der Waals surface area contributed by atoms with Gasteiger partial charge in [0.25, 0.3) is 0 Å². The maximum atomic E-state index is 12.1. The van der Waals surface area contributed by atoms with E-state index in [4.69, 9.17) is 11.6 Å². The quantitative estimate of drug-likeness (QED) is 0.594. The predicted molar refractivity (Wildman–Crippen MR) is 83.8 cm³/mol. The van der Waals surface area contributed by atoms with Crippen molar-refractivity contribution in [3.05, 3.63) is 23.0 Å². The summed E-state index contributed by atoms with van der Waals surface area (Å²) in [5.74, 6) is 0.0329. The van der Waals surface area contributed by atoms with Gasteiger partial charge in [0.05, 0.1) is 5.38 Å². The topological polar surface area (TPSA) is 25.2 Å². The number of ketones is 1. The van der Waals surface area contributed by atoms with Crippen LogP contribution in [0.5, 0.6) is 0 Å². The van der Waals surface area contributed by atoms with Crippen LogP contribution in [0.4, 0.5) is 0 Å². The van der Waals surface area contributed by atoms with E-state index in [0.29, 0.717) is 0 Å². The van der Waals surface area contributed by atoms with Crippen LogP contribution in [0.15, 0.2) is 6.07 Å². The van der Waals surface area contributed by atoms with Crippen LogP contribution in [0.25, 0.3) is 0 Å². The molecule has 0 aromatic carbocycles. The van der Waals surface area contributed by atoms with Crippen LogP contribution in [-0.2, 0) is 6.54 Å². The van der Waals surface area contributed by atoms with Gasteiger partial charge in [-0.1, -0.05) is 0 Å². The van der Waals surface area contributed by atoms with Crippen molar-refractivity contribution in [3.8, 4) is 0 Å². The van der Waals surface area contributed by atoms with E-state index in [2.05, 4.69) is 16.4 Å². The highest BCUT2D eigenvalue weighted by molar-refractivity contribution is 6.33. The monoisotopic (exact) mass is 296 g/mol. The first-order valence-electron chi connectivity index (χ1n) is 7.58. The lowest BCUT2D eigenvalue weighted by atomic mass is 10.1. The summed E-state index contributed by atoms with van der Waals surface area (Å²) in [5.41, 5.74) is 3.00. The Kier molecular flexibility index (Phi) is 5.28. The number of hydrogen-bond acceptors (Lipinski definition) is 2. The Morgan fingerprint density at radius 2 is 1.95 bits per heavy atom. The third-order valence-corrected chi connectivity index (χ3v) is 4.45. The molecule has 0 bridgehead atoms. The van der Waals surface area contributed by atoms with E-state index in [-0.39, 0.29) is 5.78 Å². The molecule has 0 amide bonds. The summed E-state index contributed by atoms with van der Waals surface area (Å²) in [6.45, 7) is 10.5. The second-order valence-electron chi connectivity index (χ2n) is 5.82. The Balaban J connectivity index is 1.98. The summed E-state index contributed by atoms with van der Waals surface area (Å²) in [7, 11) is 0. The Morgan fingerprint density at radius 1 is 1.30 bits per heavy atom. The minimum Gasteiger partial charge on any atom is -0.348 e. The maximum Gasteiger partial charge on any atom is 0.182 e. The molecule has 1 unspecified atom stereocenters. The van der Waals surface area contributed by atoms with Crippen LogP contribution in [-0.4, -0.2) is 40.3 Å². The molecular weight excluding hydrogens is 272 g/mol. The van der Waals surface area contributed by atoms with Crippen molar-refractivity contribution in [2.24, 2.45) is 0 Å². The van der Waals surface area contributed by atoms with E-state index in [1.165, 1.54) is 25.9 Å². The van der Waals surface area contributed by atoms with Gasteiger partial charge < -0.3 is 9.47 Å². The zero-order chi connectivity index (χ0) is 14.7. The third-order valence-electron chi connectivity index (χ3n) is 4.26. The number of halogens is 1. The molecule has 2 rings (SSSR count). The number of carbonyl (C=O) groups excluding carboxylic acids is 1. The second kappa shape index (κ2) is 6.77. The minimum atomic E-state index is -0.450. The average molecular weight is 297 g/mol. The molecule has 1 aliphatic heterocycles. The van der Waals surface area contributed by atoms with Gasteiger partial charge in [-0.2, -0.15) is 0 Å². The van der Waals surface area contributed by atoms with Crippen LogP contribution in [0, 0.1) is 13.8 Å². The van der Waals surface area contributed by atoms with Crippen LogP contribution in [0.3, 0.4) is 0 Å². The highest BCUT2D eigenvalue weighted by Gasteiger charge is 2.19. The molecule has 112 valence electrons. The molecule has 0 spiro atoms. The fourth-order valence-electron chi connectivity index (χ4n) is 3.07. The molecule has 0 aliphatic carbocycles. The lowest BCUT2D eigenvalue weighted by molar-refractivity contribution is 0.0991. The van der Waals surface area contributed by atoms with Crippen LogP contribution in [0.2, 0.25) is 0 Å². The molecule has 4 heteroatoms. The lowest BCUT2D eigenvalue weighted by Gasteiger charge is -2.16. The highest BCUT2D eigenvalue weighted by Crippen LogP contribution is 2.19. The number of rotatable bonds is 6. The van der Waals surface area contributed by atoms with Gasteiger partial charge in [-0.25, -0.2) is 0 Å². The molecule has 1 aliphatic rings. The van der Waals surface area contributed by atoms with E-state index in [1.807, 2.05) is 13.0 Å². The average Bonchev–Trinajstić information content (AvgIpc) is 3.00. The molecule has 0 radical (unpaired) electrons. The Bertz CT molecular complexity index is 473. The summed E-state index contributed by atoms with van der Waals surface area (Å²) >= 11 is 5.92. The number of carbonyl (C=O) groups is 1. The van der Waals surface area contributed by atoms with E-state index in [0.717, 1.165) is 36.5 Å². The normalized spacial score (nSPS) is 17.6. The predicted octanol–water partition coefficient (Wildman–Crippen LogP) is 3.40. The number of likely N-dealkylation sites (tertiary alicyclic amines) is 1. The first-order valence-corrected chi connectivity index (χ1v) is 8.01. The van der Waals surface area contributed by atoms with Gasteiger partial charge in [0.1, 0.15) is 0 Å². The van der Waals surface area contributed by atoms with Crippen molar-refractivity contribution in [1.29, 1.82) is 0 Å². The molecule has 1 atom stereocenters. The molecule has 2 heterocycles. The number of Topliss-reactive ketones (excluding diaryl/α,β-unsaturated/α-hetero) is 1. The SMILES string of the molecule is Cc1cc(C(=O)C(C)Cl)c(C)n1CCCN1CCCC1. The van der Waals surface area contributed by atoms with E-state index in [9.17, 15) is 4.79 Å². The van der Waals surface area contributed by atoms with Gasteiger partial charge in [-0.05, 0) is 65.7 Å². The van der Waals surface area contributed by atoms with Crippen molar-refractivity contribution >= 4 is 17.4 Å². The zero-order valence-electron chi connectivity index (χ0n) is 12.8. The lowest BCUT2D eigenvalue weighted by Crippen LogP contribution is -2.22. The largest absolute Gasteiger partial charge is 0.348 e. The Morgan fingerprint density at radius 3 is 2.55 bits per heavy atom. The molecule has 3 nitrogen and oxygen atoms in total. The van der Waals surface area contributed by atoms with Crippen LogP contribution in [0.1, 0.15) is 47.9 Å². The highest BCUT2D eigenvalue weighted by atomic mass is 35.5. The van der Waals surface area contributed by atoms with Crippen molar-refractivity contribution in [2.75, 3.05) is 19.6 Å². The third kappa shape index (κ3) is 3.44. The molecular formula is C16H25ClN2O. The first kappa shape index (κ1) is 15.6. The van der Waals surface area contributed by atoms with Crippen LogP contribution >= 0.6 is 11.6 Å². The van der Waals surface area contributed by atoms with Gasteiger partial charge in [0.15, 0.2) is 5.78 Å². The number of hydrogen-bond donors (Lipinski definition) is 0. The van der Waals surface area contributed by atoms with Crippen molar-refractivity contribution in [2.45, 2.75) is 52.0 Å².